The van der Waals surface area contributed by atoms with Crippen molar-refractivity contribution in [1.82, 2.24) is 0 Å². The predicted octanol–water partition coefficient (Wildman–Crippen LogP) is 4.64. The zero-order valence-electron chi connectivity index (χ0n) is 14.8. The van der Waals surface area contributed by atoms with Gasteiger partial charge in [0.15, 0.2) is 0 Å². The molecule has 1 heterocycles. The van der Waals surface area contributed by atoms with Gasteiger partial charge < -0.3 is 9.47 Å². The van der Waals surface area contributed by atoms with E-state index in [0.29, 0.717) is 24.4 Å². The van der Waals surface area contributed by atoms with Gasteiger partial charge >= 0.3 is 5.97 Å². The third kappa shape index (κ3) is 3.85. The number of alkyl halides is 1. The van der Waals surface area contributed by atoms with Gasteiger partial charge in [0, 0.05) is 17.2 Å². The minimum atomic E-state index is -0.124. The normalized spacial score (nSPS) is 30.9. The molecular formula is C21H27BrO3. The lowest BCUT2D eigenvalue weighted by Gasteiger charge is -2.38. The zero-order chi connectivity index (χ0) is 17.7. The number of ether oxygens (including phenoxy) is 2. The number of methoxy groups -OCH3 is 1. The van der Waals surface area contributed by atoms with Crippen molar-refractivity contribution < 1.29 is 14.3 Å². The van der Waals surface area contributed by atoms with Crippen molar-refractivity contribution in [3.8, 4) is 0 Å². The van der Waals surface area contributed by atoms with Gasteiger partial charge in [-0.05, 0) is 43.1 Å². The number of hydrogen-bond acceptors (Lipinski definition) is 3. The molecule has 0 amide bonds. The number of hydrogen-bond donors (Lipinski definition) is 0. The van der Waals surface area contributed by atoms with Gasteiger partial charge in [-0.2, -0.15) is 0 Å². The molecule has 1 aliphatic carbocycles. The molecule has 25 heavy (non-hydrogen) atoms. The number of fused-ring (bicyclic) bond motifs is 2. The fourth-order valence-electron chi connectivity index (χ4n) is 4.55. The van der Waals surface area contributed by atoms with E-state index < -0.39 is 0 Å². The molecule has 2 bridgehead atoms. The van der Waals surface area contributed by atoms with Crippen molar-refractivity contribution in [2.24, 2.45) is 11.8 Å². The zero-order valence-corrected chi connectivity index (χ0v) is 16.4. The summed E-state index contributed by atoms with van der Waals surface area (Å²) < 4.78 is 10.8. The lowest BCUT2D eigenvalue weighted by Crippen LogP contribution is -2.40. The minimum absolute atomic E-state index is 0.124. The van der Waals surface area contributed by atoms with Crippen LogP contribution >= 0.6 is 15.9 Å². The highest BCUT2D eigenvalue weighted by Gasteiger charge is 2.58. The molecule has 1 aromatic rings. The summed E-state index contributed by atoms with van der Waals surface area (Å²) >= 11 is 3.72. The number of unbranched alkanes of at least 4 members (excludes halogenated alkanes) is 1. The van der Waals surface area contributed by atoms with E-state index in [-0.39, 0.29) is 11.4 Å². The molecule has 0 aromatic heterocycles. The first kappa shape index (κ1) is 18.7. The maximum atomic E-state index is 11.2. The highest BCUT2D eigenvalue weighted by Crippen LogP contribution is 2.56. The molecule has 0 unspecified atom stereocenters. The van der Waals surface area contributed by atoms with Crippen molar-refractivity contribution >= 4 is 21.9 Å². The van der Waals surface area contributed by atoms with E-state index in [0.717, 1.165) is 37.6 Å². The van der Waals surface area contributed by atoms with Crippen LogP contribution in [0, 0.1) is 11.8 Å². The summed E-state index contributed by atoms with van der Waals surface area (Å²) in [6.45, 7) is 0.839. The fourth-order valence-corrected chi connectivity index (χ4v) is 5.42. The maximum absolute atomic E-state index is 11.2. The van der Waals surface area contributed by atoms with Crippen molar-refractivity contribution in [3.05, 3.63) is 48.0 Å². The molecule has 2 fully saturated rings. The summed E-state index contributed by atoms with van der Waals surface area (Å²) in [7, 11) is 1.44. The standard InChI is InChI=1S/C21H27BrO3/c1-24-20(23)12-8-3-2-7-11-18-17(14-22)19-13-21(18,15-25-19)16-9-5-4-6-10-16/h2,4-7,9-10,17-19H,3,8,11-15H2,1H3/b7-2-/t17-,18-,19-,21-/m0/s1. The van der Waals surface area contributed by atoms with Crippen LogP contribution in [-0.2, 0) is 19.7 Å². The Morgan fingerprint density at radius 1 is 1.36 bits per heavy atom. The second-order valence-corrected chi connectivity index (χ2v) is 7.82. The number of halogens is 1. The van der Waals surface area contributed by atoms with Crippen LogP contribution in [0.5, 0.6) is 0 Å². The van der Waals surface area contributed by atoms with Crippen LogP contribution < -0.4 is 0 Å². The molecule has 0 spiro atoms. The van der Waals surface area contributed by atoms with Crippen LogP contribution in [0.1, 0.15) is 37.7 Å². The molecule has 1 saturated carbocycles. The number of benzene rings is 1. The summed E-state index contributed by atoms with van der Waals surface area (Å²) in [5, 5.41) is 0.993. The maximum Gasteiger partial charge on any atom is 0.305 e. The summed E-state index contributed by atoms with van der Waals surface area (Å²) in [6.07, 6.45) is 9.39. The molecule has 4 atom stereocenters. The van der Waals surface area contributed by atoms with Gasteiger partial charge in [-0.15, -0.1) is 0 Å². The van der Waals surface area contributed by atoms with E-state index in [2.05, 4.69) is 63.2 Å². The van der Waals surface area contributed by atoms with Crippen LogP contribution in [-0.4, -0.2) is 31.1 Å². The minimum Gasteiger partial charge on any atom is -0.469 e. The average Bonchev–Trinajstić information content (AvgIpc) is 3.22. The Bertz CT molecular complexity index is 600. The molecule has 3 rings (SSSR count). The van der Waals surface area contributed by atoms with Gasteiger partial charge in [-0.25, -0.2) is 0 Å². The van der Waals surface area contributed by atoms with Crippen molar-refractivity contribution in [2.45, 2.75) is 43.6 Å². The van der Waals surface area contributed by atoms with Gasteiger partial charge in [0.1, 0.15) is 0 Å². The molecule has 1 aliphatic heterocycles. The van der Waals surface area contributed by atoms with E-state index in [4.69, 9.17) is 4.74 Å². The fraction of sp³-hybridized carbons (Fsp3) is 0.571. The summed E-state index contributed by atoms with van der Waals surface area (Å²) in [6, 6.07) is 10.9. The molecule has 1 aromatic carbocycles. The molecule has 2 aliphatic rings. The van der Waals surface area contributed by atoms with Crippen molar-refractivity contribution in [3.63, 3.8) is 0 Å². The molecule has 4 heteroatoms. The predicted molar refractivity (Wildman–Crippen MR) is 103 cm³/mol. The Kier molecular flexibility index (Phi) is 6.34. The van der Waals surface area contributed by atoms with Gasteiger partial charge in [0.05, 0.1) is 19.8 Å². The molecule has 3 nitrogen and oxygen atoms in total. The Morgan fingerprint density at radius 2 is 2.16 bits per heavy atom. The second-order valence-electron chi connectivity index (χ2n) is 7.18. The summed E-state index contributed by atoms with van der Waals surface area (Å²) in [5.74, 6) is 1.04. The molecule has 0 radical (unpaired) electrons. The van der Waals surface area contributed by atoms with E-state index in [1.807, 2.05) is 0 Å². The monoisotopic (exact) mass is 406 g/mol. The third-order valence-corrected chi connectivity index (χ3v) is 6.64. The molecule has 1 saturated heterocycles. The Hall–Kier alpha value is -1.13. The Balaban J connectivity index is 1.64. The first-order valence-corrected chi connectivity index (χ1v) is 10.3. The number of carbonyl (C=O) groups is 1. The summed E-state index contributed by atoms with van der Waals surface area (Å²) in [4.78, 5) is 11.2. The largest absolute Gasteiger partial charge is 0.469 e. The second kappa shape index (κ2) is 8.50. The van der Waals surface area contributed by atoms with Gasteiger partial charge in [0.2, 0.25) is 0 Å². The van der Waals surface area contributed by atoms with Crippen molar-refractivity contribution in [2.75, 3.05) is 19.0 Å². The van der Waals surface area contributed by atoms with E-state index in [1.54, 1.807) is 0 Å². The van der Waals surface area contributed by atoms with Crippen LogP contribution in [0.15, 0.2) is 42.5 Å². The lowest BCUT2D eigenvalue weighted by atomic mass is 9.69. The topological polar surface area (TPSA) is 35.5 Å². The van der Waals surface area contributed by atoms with Crippen LogP contribution in [0.3, 0.4) is 0 Å². The molecule has 0 N–H and O–H groups in total. The van der Waals surface area contributed by atoms with Crippen LogP contribution in [0.2, 0.25) is 0 Å². The first-order chi connectivity index (χ1) is 12.2. The highest BCUT2D eigenvalue weighted by atomic mass is 79.9. The number of esters is 1. The van der Waals surface area contributed by atoms with E-state index in [1.165, 1.54) is 12.7 Å². The lowest BCUT2D eigenvalue weighted by molar-refractivity contribution is -0.140. The van der Waals surface area contributed by atoms with Gasteiger partial charge in [0.25, 0.3) is 0 Å². The average molecular weight is 407 g/mol. The number of rotatable bonds is 8. The third-order valence-electron chi connectivity index (χ3n) is 5.89. The number of carbonyl (C=O) groups excluding carboxylic acids is 1. The smallest absolute Gasteiger partial charge is 0.305 e. The van der Waals surface area contributed by atoms with E-state index in [9.17, 15) is 4.79 Å². The SMILES string of the molecule is COC(=O)CCC/C=C\C[C@H]1[C@H](CBr)[C@@H]2C[C@@]1(c1ccccc1)CO2. The van der Waals surface area contributed by atoms with Crippen LogP contribution in [0.4, 0.5) is 0 Å². The number of allylic oxidation sites excluding steroid dienone is 2. The highest BCUT2D eigenvalue weighted by molar-refractivity contribution is 9.09. The van der Waals surface area contributed by atoms with Crippen molar-refractivity contribution in [1.29, 1.82) is 0 Å². The molecule has 136 valence electrons. The summed E-state index contributed by atoms with van der Waals surface area (Å²) in [5.41, 5.74) is 1.57. The van der Waals surface area contributed by atoms with Gasteiger partial charge in [-0.1, -0.05) is 58.4 Å². The van der Waals surface area contributed by atoms with E-state index >= 15 is 0 Å². The van der Waals surface area contributed by atoms with Crippen LogP contribution in [0.25, 0.3) is 0 Å². The Labute approximate surface area is 158 Å². The molecular weight excluding hydrogens is 380 g/mol. The first-order valence-electron chi connectivity index (χ1n) is 9.16. The quantitative estimate of drug-likeness (QED) is 0.273. The van der Waals surface area contributed by atoms with Gasteiger partial charge in [-0.3, -0.25) is 4.79 Å². The Morgan fingerprint density at radius 3 is 2.88 bits per heavy atom.